The monoisotopic (exact) mass is 239 g/mol. The quantitative estimate of drug-likeness (QED) is 0.856. The lowest BCUT2D eigenvalue weighted by Gasteiger charge is -2.14. The average Bonchev–Trinajstić information content (AvgIpc) is 2.39. The van der Waals surface area contributed by atoms with Gasteiger partial charge < -0.3 is 11.1 Å². The summed E-state index contributed by atoms with van der Waals surface area (Å²) in [5, 5.41) is 11.9. The molecule has 0 saturated carbocycles. The first-order valence-corrected chi connectivity index (χ1v) is 5.54. The molecule has 0 amide bonds. The highest BCUT2D eigenvalue weighted by Gasteiger charge is 2.06. The van der Waals surface area contributed by atoms with Gasteiger partial charge in [0.1, 0.15) is 5.82 Å². The van der Waals surface area contributed by atoms with Crippen molar-refractivity contribution in [3.8, 4) is 6.07 Å². The van der Waals surface area contributed by atoms with Gasteiger partial charge in [-0.05, 0) is 30.7 Å². The van der Waals surface area contributed by atoms with E-state index >= 15 is 0 Å². The Kier molecular flexibility index (Phi) is 3.39. The molecular formula is C13H13N5. The SMILES string of the molecule is CC(Nc1nccc(N)n1)c1ccc(C#N)cc1. The molecule has 1 heterocycles. The molecule has 5 nitrogen and oxygen atoms in total. The van der Waals surface area contributed by atoms with Crippen LogP contribution in [0.5, 0.6) is 0 Å². The molecule has 0 radical (unpaired) electrons. The Hall–Kier alpha value is -2.61. The van der Waals surface area contributed by atoms with Gasteiger partial charge >= 0.3 is 0 Å². The summed E-state index contributed by atoms with van der Waals surface area (Å²) in [7, 11) is 0. The number of hydrogen-bond acceptors (Lipinski definition) is 5. The third-order valence-corrected chi connectivity index (χ3v) is 2.56. The Morgan fingerprint density at radius 2 is 2.00 bits per heavy atom. The molecule has 0 spiro atoms. The standard InChI is InChI=1S/C13H13N5/c1-9(11-4-2-10(8-14)3-5-11)17-13-16-7-6-12(15)18-13/h2-7,9H,1H3,(H3,15,16,17,18). The largest absolute Gasteiger partial charge is 0.384 e. The van der Waals surface area contributed by atoms with Crippen molar-refractivity contribution < 1.29 is 0 Å². The second-order valence-electron chi connectivity index (χ2n) is 3.90. The van der Waals surface area contributed by atoms with E-state index in [0.29, 0.717) is 17.3 Å². The molecule has 1 unspecified atom stereocenters. The van der Waals surface area contributed by atoms with E-state index in [2.05, 4.69) is 21.4 Å². The smallest absolute Gasteiger partial charge is 0.225 e. The van der Waals surface area contributed by atoms with Gasteiger partial charge in [-0.2, -0.15) is 10.2 Å². The average molecular weight is 239 g/mol. The molecule has 0 bridgehead atoms. The zero-order valence-electron chi connectivity index (χ0n) is 9.96. The third-order valence-electron chi connectivity index (χ3n) is 2.56. The van der Waals surface area contributed by atoms with Crippen molar-refractivity contribution in [2.75, 3.05) is 11.1 Å². The number of anilines is 2. The topological polar surface area (TPSA) is 87.6 Å². The molecule has 1 aromatic carbocycles. The van der Waals surface area contributed by atoms with Gasteiger partial charge in [-0.3, -0.25) is 0 Å². The molecule has 90 valence electrons. The van der Waals surface area contributed by atoms with Gasteiger partial charge in [0.15, 0.2) is 0 Å². The molecule has 2 aromatic rings. The number of nitrogens with two attached hydrogens (primary N) is 1. The Bertz CT molecular complexity index is 571. The predicted octanol–water partition coefficient (Wildman–Crippen LogP) is 2.10. The molecule has 18 heavy (non-hydrogen) atoms. The maximum Gasteiger partial charge on any atom is 0.225 e. The molecule has 3 N–H and O–H groups in total. The lowest BCUT2D eigenvalue weighted by Crippen LogP contribution is -2.10. The summed E-state index contributed by atoms with van der Waals surface area (Å²) in [6.45, 7) is 1.99. The van der Waals surface area contributed by atoms with Gasteiger partial charge in [0.2, 0.25) is 5.95 Å². The second-order valence-corrected chi connectivity index (χ2v) is 3.90. The highest BCUT2D eigenvalue weighted by molar-refractivity contribution is 5.39. The normalized spacial score (nSPS) is 11.6. The molecule has 0 fully saturated rings. The van der Waals surface area contributed by atoms with E-state index in [4.69, 9.17) is 11.0 Å². The van der Waals surface area contributed by atoms with Gasteiger partial charge in [-0.1, -0.05) is 12.1 Å². The highest BCUT2D eigenvalue weighted by Crippen LogP contribution is 2.17. The van der Waals surface area contributed by atoms with E-state index in [9.17, 15) is 0 Å². The summed E-state index contributed by atoms with van der Waals surface area (Å²) < 4.78 is 0. The van der Waals surface area contributed by atoms with Crippen LogP contribution >= 0.6 is 0 Å². The molecular weight excluding hydrogens is 226 g/mol. The van der Waals surface area contributed by atoms with Crippen LogP contribution in [-0.4, -0.2) is 9.97 Å². The first kappa shape index (κ1) is 11.9. The Labute approximate surface area is 105 Å². The van der Waals surface area contributed by atoms with Crippen molar-refractivity contribution in [1.29, 1.82) is 5.26 Å². The summed E-state index contributed by atoms with van der Waals surface area (Å²) >= 11 is 0. The number of benzene rings is 1. The minimum absolute atomic E-state index is 0.0412. The van der Waals surface area contributed by atoms with Gasteiger partial charge in [-0.15, -0.1) is 0 Å². The fraction of sp³-hybridized carbons (Fsp3) is 0.154. The van der Waals surface area contributed by atoms with Gasteiger partial charge in [-0.25, -0.2) is 4.98 Å². The number of nitrogens with zero attached hydrogens (tertiary/aromatic N) is 3. The van der Waals surface area contributed by atoms with E-state index in [1.54, 1.807) is 24.4 Å². The van der Waals surface area contributed by atoms with E-state index in [1.165, 1.54) is 0 Å². The zero-order chi connectivity index (χ0) is 13.0. The maximum absolute atomic E-state index is 8.73. The summed E-state index contributed by atoms with van der Waals surface area (Å²) in [5.41, 5.74) is 7.28. The Morgan fingerprint density at radius 1 is 1.28 bits per heavy atom. The van der Waals surface area contributed by atoms with Crippen molar-refractivity contribution in [2.24, 2.45) is 0 Å². The van der Waals surface area contributed by atoms with Crippen LogP contribution in [0, 0.1) is 11.3 Å². The van der Waals surface area contributed by atoms with Crippen molar-refractivity contribution in [3.63, 3.8) is 0 Å². The molecule has 0 aliphatic heterocycles. The van der Waals surface area contributed by atoms with Crippen LogP contribution in [-0.2, 0) is 0 Å². The van der Waals surface area contributed by atoms with Crippen LogP contribution in [0.3, 0.4) is 0 Å². The minimum Gasteiger partial charge on any atom is -0.384 e. The van der Waals surface area contributed by atoms with E-state index in [1.807, 2.05) is 19.1 Å². The van der Waals surface area contributed by atoms with Gasteiger partial charge in [0, 0.05) is 6.20 Å². The number of aromatic nitrogens is 2. The third kappa shape index (κ3) is 2.74. The molecule has 5 heteroatoms. The van der Waals surface area contributed by atoms with E-state index in [0.717, 1.165) is 5.56 Å². The lowest BCUT2D eigenvalue weighted by molar-refractivity contribution is 0.861. The first-order valence-electron chi connectivity index (χ1n) is 5.54. The van der Waals surface area contributed by atoms with Crippen LogP contribution in [0.4, 0.5) is 11.8 Å². The predicted molar refractivity (Wildman–Crippen MR) is 69.6 cm³/mol. The number of hydrogen-bond donors (Lipinski definition) is 2. The number of nitrogen functional groups attached to an aromatic ring is 1. The summed E-state index contributed by atoms with van der Waals surface area (Å²) in [4.78, 5) is 8.16. The highest BCUT2D eigenvalue weighted by atomic mass is 15.1. The maximum atomic E-state index is 8.73. The van der Waals surface area contributed by atoms with Crippen LogP contribution in [0.1, 0.15) is 24.1 Å². The van der Waals surface area contributed by atoms with E-state index < -0.39 is 0 Å². The fourth-order valence-corrected chi connectivity index (χ4v) is 1.57. The summed E-state index contributed by atoms with van der Waals surface area (Å²) in [6, 6.07) is 11.1. The van der Waals surface area contributed by atoms with Gasteiger partial charge in [0.25, 0.3) is 0 Å². The summed E-state index contributed by atoms with van der Waals surface area (Å²) in [6.07, 6.45) is 1.61. The van der Waals surface area contributed by atoms with Crippen molar-refractivity contribution in [1.82, 2.24) is 9.97 Å². The Balaban J connectivity index is 2.12. The number of nitrogens with one attached hydrogen (secondary N) is 1. The first-order chi connectivity index (χ1) is 8.69. The molecule has 2 rings (SSSR count). The van der Waals surface area contributed by atoms with Crippen LogP contribution in [0.2, 0.25) is 0 Å². The molecule has 0 aliphatic carbocycles. The second kappa shape index (κ2) is 5.15. The Morgan fingerprint density at radius 3 is 2.61 bits per heavy atom. The van der Waals surface area contributed by atoms with E-state index in [-0.39, 0.29) is 6.04 Å². The van der Waals surface area contributed by atoms with Crippen molar-refractivity contribution >= 4 is 11.8 Å². The van der Waals surface area contributed by atoms with Crippen molar-refractivity contribution in [3.05, 3.63) is 47.7 Å². The van der Waals surface area contributed by atoms with Crippen LogP contribution in [0.15, 0.2) is 36.5 Å². The lowest BCUT2D eigenvalue weighted by atomic mass is 10.1. The van der Waals surface area contributed by atoms with Gasteiger partial charge in [0.05, 0.1) is 17.7 Å². The summed E-state index contributed by atoms with van der Waals surface area (Å²) in [5.74, 6) is 0.923. The van der Waals surface area contributed by atoms with Crippen molar-refractivity contribution in [2.45, 2.75) is 13.0 Å². The number of rotatable bonds is 3. The molecule has 1 aromatic heterocycles. The number of nitriles is 1. The molecule has 1 atom stereocenters. The van der Waals surface area contributed by atoms with Crippen LogP contribution in [0.25, 0.3) is 0 Å². The molecule has 0 saturated heterocycles. The fourth-order valence-electron chi connectivity index (χ4n) is 1.57. The minimum atomic E-state index is 0.0412. The van der Waals surface area contributed by atoms with Crippen LogP contribution < -0.4 is 11.1 Å². The zero-order valence-corrected chi connectivity index (χ0v) is 9.96. The molecule has 0 aliphatic rings.